The first-order valence-corrected chi connectivity index (χ1v) is 5.32. The lowest BCUT2D eigenvalue weighted by atomic mass is 10.1. The van der Waals surface area contributed by atoms with E-state index < -0.39 is 6.29 Å². The predicted octanol–water partition coefficient (Wildman–Crippen LogP) is 0.546. The highest BCUT2D eigenvalue weighted by molar-refractivity contribution is 5.78. The van der Waals surface area contributed by atoms with Crippen LogP contribution >= 0.6 is 0 Å². The Morgan fingerprint density at radius 3 is 2.41 bits per heavy atom. The highest BCUT2D eigenvalue weighted by Crippen LogP contribution is 2.05. The van der Waals surface area contributed by atoms with E-state index in [4.69, 9.17) is 15.2 Å². The summed E-state index contributed by atoms with van der Waals surface area (Å²) in [5.41, 5.74) is 7.17. The molecule has 0 spiro atoms. The lowest BCUT2D eigenvalue weighted by Crippen LogP contribution is -2.34. The molecule has 3 N–H and O–H groups in total. The standard InChI is InChI=1S/C12H18N2O3/c1-16-12(17-2)8-14-11(15)7-9-3-5-10(13)6-4-9/h3-6,12H,7-8,13H2,1-2H3,(H,14,15). The normalized spacial score (nSPS) is 10.5. The molecule has 0 saturated heterocycles. The van der Waals surface area contributed by atoms with Gasteiger partial charge in [0.1, 0.15) is 0 Å². The van der Waals surface area contributed by atoms with Gasteiger partial charge in [0.25, 0.3) is 0 Å². The van der Waals surface area contributed by atoms with E-state index >= 15 is 0 Å². The topological polar surface area (TPSA) is 73.6 Å². The second-order valence-corrected chi connectivity index (χ2v) is 3.62. The molecule has 0 radical (unpaired) electrons. The minimum Gasteiger partial charge on any atom is -0.399 e. The van der Waals surface area contributed by atoms with Crippen molar-refractivity contribution in [3.05, 3.63) is 29.8 Å². The van der Waals surface area contributed by atoms with E-state index in [0.717, 1.165) is 5.56 Å². The molecule has 0 fully saturated rings. The highest BCUT2D eigenvalue weighted by Gasteiger charge is 2.08. The maximum Gasteiger partial charge on any atom is 0.224 e. The van der Waals surface area contributed by atoms with Gasteiger partial charge in [-0.2, -0.15) is 0 Å². The number of hydrogen-bond acceptors (Lipinski definition) is 4. The quantitative estimate of drug-likeness (QED) is 0.560. The van der Waals surface area contributed by atoms with Crippen molar-refractivity contribution in [3.63, 3.8) is 0 Å². The zero-order valence-electron chi connectivity index (χ0n) is 10.1. The second kappa shape index (κ2) is 6.88. The van der Waals surface area contributed by atoms with E-state index in [9.17, 15) is 4.79 Å². The van der Waals surface area contributed by atoms with Gasteiger partial charge in [-0.3, -0.25) is 4.79 Å². The van der Waals surface area contributed by atoms with Crippen LogP contribution in [0.25, 0.3) is 0 Å². The van der Waals surface area contributed by atoms with Crippen LogP contribution in [0, 0.1) is 0 Å². The van der Waals surface area contributed by atoms with Crippen LogP contribution in [0.5, 0.6) is 0 Å². The maximum absolute atomic E-state index is 11.6. The molecule has 0 aromatic heterocycles. The highest BCUT2D eigenvalue weighted by atomic mass is 16.7. The number of nitrogens with one attached hydrogen (secondary N) is 1. The first-order valence-electron chi connectivity index (χ1n) is 5.32. The minimum absolute atomic E-state index is 0.0751. The number of rotatable bonds is 6. The maximum atomic E-state index is 11.6. The molecule has 1 aromatic carbocycles. The molecule has 1 amide bonds. The Bertz CT molecular complexity index is 347. The third kappa shape index (κ3) is 4.84. The number of carbonyl (C=O) groups is 1. The molecule has 0 aliphatic rings. The van der Waals surface area contributed by atoms with Crippen LogP contribution in [-0.4, -0.2) is 33.0 Å². The number of methoxy groups -OCH3 is 2. The number of nitrogen functional groups attached to an aromatic ring is 1. The lowest BCUT2D eigenvalue weighted by molar-refractivity contribution is -0.126. The van der Waals surface area contributed by atoms with Crippen LogP contribution in [0.3, 0.4) is 0 Å². The molecule has 0 aliphatic carbocycles. The van der Waals surface area contributed by atoms with E-state index in [0.29, 0.717) is 18.7 Å². The monoisotopic (exact) mass is 238 g/mol. The van der Waals surface area contributed by atoms with Gasteiger partial charge in [-0.25, -0.2) is 0 Å². The zero-order valence-corrected chi connectivity index (χ0v) is 10.1. The SMILES string of the molecule is COC(CNC(=O)Cc1ccc(N)cc1)OC. The fourth-order valence-electron chi connectivity index (χ4n) is 1.34. The summed E-state index contributed by atoms with van der Waals surface area (Å²) in [7, 11) is 3.06. The molecule has 5 nitrogen and oxygen atoms in total. The molecular formula is C12H18N2O3. The summed E-state index contributed by atoms with van der Waals surface area (Å²) in [6, 6.07) is 7.21. The van der Waals surface area contributed by atoms with Gasteiger partial charge in [0.05, 0.1) is 13.0 Å². The van der Waals surface area contributed by atoms with Gasteiger partial charge < -0.3 is 20.5 Å². The number of ether oxygens (including phenoxy) is 2. The van der Waals surface area contributed by atoms with E-state index in [2.05, 4.69) is 5.32 Å². The zero-order chi connectivity index (χ0) is 12.7. The molecule has 0 heterocycles. The predicted molar refractivity (Wildman–Crippen MR) is 65.4 cm³/mol. The van der Waals surface area contributed by atoms with Crippen molar-refractivity contribution < 1.29 is 14.3 Å². The fourth-order valence-corrected chi connectivity index (χ4v) is 1.34. The summed E-state index contributed by atoms with van der Waals surface area (Å²) < 4.78 is 9.92. The Balaban J connectivity index is 2.37. The average molecular weight is 238 g/mol. The van der Waals surface area contributed by atoms with Gasteiger partial charge in [0, 0.05) is 19.9 Å². The van der Waals surface area contributed by atoms with E-state index in [-0.39, 0.29) is 5.91 Å². The summed E-state index contributed by atoms with van der Waals surface area (Å²) >= 11 is 0. The van der Waals surface area contributed by atoms with Gasteiger partial charge in [-0.15, -0.1) is 0 Å². The molecular weight excluding hydrogens is 220 g/mol. The van der Waals surface area contributed by atoms with Crippen molar-refractivity contribution in [2.75, 3.05) is 26.5 Å². The number of hydrogen-bond donors (Lipinski definition) is 2. The van der Waals surface area contributed by atoms with Gasteiger partial charge in [-0.05, 0) is 17.7 Å². The number of anilines is 1. The second-order valence-electron chi connectivity index (χ2n) is 3.62. The van der Waals surface area contributed by atoms with Crippen molar-refractivity contribution in [2.45, 2.75) is 12.7 Å². The molecule has 17 heavy (non-hydrogen) atoms. The molecule has 0 unspecified atom stereocenters. The molecule has 0 aliphatic heterocycles. The molecule has 5 heteroatoms. The molecule has 0 saturated carbocycles. The number of amides is 1. The molecule has 0 bridgehead atoms. The molecule has 1 aromatic rings. The molecule has 94 valence electrons. The van der Waals surface area contributed by atoms with Crippen molar-refractivity contribution in [1.82, 2.24) is 5.32 Å². The average Bonchev–Trinajstić information content (AvgIpc) is 2.33. The molecule has 0 atom stereocenters. The first-order chi connectivity index (χ1) is 8.15. The Hall–Kier alpha value is -1.59. The van der Waals surface area contributed by atoms with Crippen LogP contribution in [-0.2, 0) is 20.7 Å². The Morgan fingerprint density at radius 1 is 1.29 bits per heavy atom. The van der Waals surface area contributed by atoms with Crippen LogP contribution in [0.4, 0.5) is 5.69 Å². The van der Waals surface area contributed by atoms with Gasteiger partial charge in [0.2, 0.25) is 5.91 Å². The van der Waals surface area contributed by atoms with E-state index in [1.807, 2.05) is 12.1 Å². The summed E-state index contributed by atoms with van der Waals surface area (Å²) in [6.07, 6.45) is -0.0918. The lowest BCUT2D eigenvalue weighted by Gasteiger charge is -2.13. The van der Waals surface area contributed by atoms with E-state index in [1.54, 1.807) is 12.1 Å². The number of nitrogens with two attached hydrogens (primary N) is 1. The summed E-state index contributed by atoms with van der Waals surface area (Å²) in [5.74, 6) is -0.0751. The van der Waals surface area contributed by atoms with Crippen LogP contribution in [0.15, 0.2) is 24.3 Å². The van der Waals surface area contributed by atoms with Crippen molar-refractivity contribution >= 4 is 11.6 Å². The number of benzene rings is 1. The Kier molecular flexibility index (Phi) is 5.45. The summed E-state index contributed by atoms with van der Waals surface area (Å²) in [5, 5.41) is 2.73. The summed E-state index contributed by atoms with van der Waals surface area (Å²) in [6.45, 7) is 0.334. The first kappa shape index (κ1) is 13.5. The van der Waals surface area contributed by atoms with Crippen LogP contribution in [0.1, 0.15) is 5.56 Å². The number of carbonyl (C=O) groups excluding carboxylic acids is 1. The van der Waals surface area contributed by atoms with Crippen molar-refractivity contribution in [3.8, 4) is 0 Å². The van der Waals surface area contributed by atoms with Crippen molar-refractivity contribution in [1.29, 1.82) is 0 Å². The van der Waals surface area contributed by atoms with Gasteiger partial charge in [0.15, 0.2) is 6.29 Å². The minimum atomic E-state index is -0.412. The van der Waals surface area contributed by atoms with Gasteiger partial charge >= 0.3 is 0 Å². The van der Waals surface area contributed by atoms with Crippen LogP contribution in [0.2, 0.25) is 0 Å². The largest absolute Gasteiger partial charge is 0.399 e. The van der Waals surface area contributed by atoms with E-state index in [1.165, 1.54) is 14.2 Å². The Labute approximate surface area is 101 Å². The smallest absolute Gasteiger partial charge is 0.224 e. The fraction of sp³-hybridized carbons (Fsp3) is 0.417. The third-order valence-corrected chi connectivity index (χ3v) is 2.34. The molecule has 1 rings (SSSR count). The van der Waals surface area contributed by atoms with Crippen molar-refractivity contribution in [2.24, 2.45) is 0 Å². The Morgan fingerprint density at radius 2 is 1.88 bits per heavy atom. The third-order valence-electron chi connectivity index (χ3n) is 2.34. The van der Waals surface area contributed by atoms with Crippen LogP contribution < -0.4 is 11.1 Å². The van der Waals surface area contributed by atoms with Gasteiger partial charge in [-0.1, -0.05) is 12.1 Å². The summed E-state index contributed by atoms with van der Waals surface area (Å²) in [4.78, 5) is 11.6.